The van der Waals surface area contributed by atoms with Gasteiger partial charge in [0, 0.05) is 6.07 Å². The molecule has 1 fully saturated rings. The molecule has 1 atom stereocenters. The van der Waals surface area contributed by atoms with E-state index in [4.69, 9.17) is 15.2 Å². The summed E-state index contributed by atoms with van der Waals surface area (Å²) in [6.45, 7) is 4.24. The molecule has 0 bridgehead atoms. The summed E-state index contributed by atoms with van der Waals surface area (Å²) in [5.41, 5.74) is 6.89. The van der Waals surface area contributed by atoms with Crippen LogP contribution in [-0.2, 0) is 4.79 Å². The van der Waals surface area contributed by atoms with Crippen LogP contribution in [0.15, 0.2) is 42.5 Å². The highest BCUT2D eigenvalue weighted by molar-refractivity contribution is 6.21. The lowest BCUT2D eigenvalue weighted by atomic mass is 10.2. The minimum atomic E-state index is -0.467. The van der Waals surface area contributed by atoms with Gasteiger partial charge in [0.1, 0.15) is 23.3 Å². The lowest BCUT2D eigenvalue weighted by molar-refractivity contribution is -0.118. The molecule has 0 aliphatic carbocycles. The van der Waals surface area contributed by atoms with Crippen molar-refractivity contribution in [3.8, 4) is 17.2 Å². The fraction of sp³-hybridized carbons (Fsp3) is 0.263. The number of benzene rings is 2. The third-order valence-electron chi connectivity index (χ3n) is 4.04. The monoisotopic (exact) mass is 355 g/mol. The molecule has 0 radical (unpaired) electrons. The summed E-state index contributed by atoms with van der Waals surface area (Å²) in [5.74, 6) is 1.47. The predicted molar refractivity (Wildman–Crippen MR) is 98.6 cm³/mol. The van der Waals surface area contributed by atoms with Crippen LogP contribution in [0.25, 0.3) is 0 Å². The minimum Gasteiger partial charge on any atom is -0.492 e. The van der Waals surface area contributed by atoms with Gasteiger partial charge < -0.3 is 20.5 Å². The van der Waals surface area contributed by atoms with E-state index in [1.165, 1.54) is 0 Å². The number of ether oxygens (including phenoxy) is 2. The number of imide groups is 1. The number of anilines is 2. The maximum atomic E-state index is 12.2. The molecule has 0 spiro atoms. The second-order valence-electron chi connectivity index (χ2n) is 5.81. The van der Waals surface area contributed by atoms with E-state index in [-0.39, 0.29) is 5.91 Å². The van der Waals surface area contributed by atoms with Gasteiger partial charge in [0.2, 0.25) is 0 Å². The number of hydrogen-bond donors (Lipinski definition) is 2. The first-order chi connectivity index (χ1) is 12.5. The maximum Gasteiger partial charge on any atom is 0.329 e. The van der Waals surface area contributed by atoms with Crippen molar-refractivity contribution < 1.29 is 19.1 Å². The molecular formula is C19H21N3O4. The van der Waals surface area contributed by atoms with Crippen LogP contribution in [0.5, 0.6) is 17.2 Å². The Morgan fingerprint density at radius 3 is 2.38 bits per heavy atom. The molecule has 1 heterocycles. The maximum absolute atomic E-state index is 12.2. The molecular weight excluding hydrogens is 334 g/mol. The van der Waals surface area contributed by atoms with Crippen molar-refractivity contribution in [1.82, 2.24) is 5.32 Å². The molecule has 3 rings (SSSR count). The number of hydrogen-bond acceptors (Lipinski definition) is 5. The number of rotatable bonds is 6. The zero-order valence-corrected chi connectivity index (χ0v) is 14.7. The minimum absolute atomic E-state index is 0.244. The highest BCUT2D eigenvalue weighted by atomic mass is 16.5. The molecule has 3 N–H and O–H groups in total. The number of amides is 3. The third kappa shape index (κ3) is 3.42. The van der Waals surface area contributed by atoms with Crippen LogP contribution in [-0.4, -0.2) is 24.6 Å². The van der Waals surface area contributed by atoms with Gasteiger partial charge in [0.05, 0.1) is 18.0 Å². The Bertz CT molecular complexity index is 820. The van der Waals surface area contributed by atoms with Gasteiger partial charge in [0.15, 0.2) is 0 Å². The van der Waals surface area contributed by atoms with Crippen LogP contribution in [0.2, 0.25) is 0 Å². The van der Waals surface area contributed by atoms with Crippen LogP contribution < -0.4 is 25.4 Å². The number of nitrogens with one attached hydrogen (secondary N) is 1. The fourth-order valence-corrected chi connectivity index (χ4v) is 2.71. The molecule has 0 unspecified atom stereocenters. The molecule has 26 heavy (non-hydrogen) atoms. The second kappa shape index (κ2) is 7.35. The molecule has 3 amide bonds. The Balaban J connectivity index is 1.75. The van der Waals surface area contributed by atoms with E-state index in [9.17, 15) is 9.59 Å². The van der Waals surface area contributed by atoms with Crippen LogP contribution >= 0.6 is 0 Å². The average molecular weight is 355 g/mol. The van der Waals surface area contributed by atoms with Crippen LogP contribution in [0, 0.1) is 0 Å². The molecule has 0 aromatic heterocycles. The second-order valence-corrected chi connectivity index (χ2v) is 5.81. The summed E-state index contributed by atoms with van der Waals surface area (Å²) in [6, 6.07) is 11.0. The van der Waals surface area contributed by atoms with Crippen LogP contribution in [0.1, 0.15) is 20.3 Å². The molecule has 1 aliphatic heterocycles. The highest BCUT2D eigenvalue weighted by Crippen LogP contribution is 2.31. The number of nitrogens with two attached hydrogens (primary N) is 1. The molecule has 2 aromatic rings. The summed E-state index contributed by atoms with van der Waals surface area (Å²) < 4.78 is 11.2. The van der Waals surface area contributed by atoms with Gasteiger partial charge in [-0.1, -0.05) is 6.92 Å². The Labute approximate surface area is 151 Å². The Morgan fingerprint density at radius 1 is 1.08 bits per heavy atom. The molecule has 7 nitrogen and oxygen atoms in total. The van der Waals surface area contributed by atoms with E-state index in [1.54, 1.807) is 42.5 Å². The molecule has 136 valence electrons. The van der Waals surface area contributed by atoms with E-state index < -0.39 is 12.1 Å². The van der Waals surface area contributed by atoms with Gasteiger partial charge in [-0.2, -0.15) is 0 Å². The quantitative estimate of drug-likeness (QED) is 0.612. The molecule has 0 saturated carbocycles. The first-order valence-electron chi connectivity index (χ1n) is 8.48. The first kappa shape index (κ1) is 17.6. The van der Waals surface area contributed by atoms with E-state index in [1.807, 2.05) is 13.8 Å². The van der Waals surface area contributed by atoms with Crippen molar-refractivity contribution in [3.05, 3.63) is 42.5 Å². The smallest absolute Gasteiger partial charge is 0.329 e. The number of carbonyl (C=O) groups is 2. The van der Waals surface area contributed by atoms with Crippen molar-refractivity contribution in [2.75, 3.05) is 17.2 Å². The van der Waals surface area contributed by atoms with Crippen molar-refractivity contribution in [3.63, 3.8) is 0 Å². The van der Waals surface area contributed by atoms with Crippen molar-refractivity contribution in [2.45, 2.75) is 26.3 Å². The highest BCUT2D eigenvalue weighted by Gasteiger charge is 2.37. The molecule has 1 aliphatic rings. The van der Waals surface area contributed by atoms with E-state index in [0.717, 1.165) is 4.90 Å². The summed E-state index contributed by atoms with van der Waals surface area (Å²) in [4.78, 5) is 25.4. The molecule has 1 saturated heterocycles. The number of nitrogens with zero attached hydrogens (tertiary/aromatic N) is 1. The largest absolute Gasteiger partial charge is 0.492 e. The molecule has 2 aromatic carbocycles. The van der Waals surface area contributed by atoms with Crippen LogP contribution in [0.3, 0.4) is 0 Å². The van der Waals surface area contributed by atoms with E-state index in [0.29, 0.717) is 41.7 Å². The topological polar surface area (TPSA) is 93.9 Å². The van der Waals surface area contributed by atoms with Gasteiger partial charge in [-0.25, -0.2) is 9.69 Å². The van der Waals surface area contributed by atoms with E-state index in [2.05, 4.69) is 5.32 Å². The zero-order chi connectivity index (χ0) is 18.7. The van der Waals surface area contributed by atoms with Crippen LogP contribution in [0.4, 0.5) is 16.2 Å². The Hall–Kier alpha value is -3.22. The lowest BCUT2D eigenvalue weighted by Gasteiger charge is -2.14. The van der Waals surface area contributed by atoms with Gasteiger partial charge in [-0.05, 0) is 49.7 Å². The molecule has 7 heteroatoms. The van der Waals surface area contributed by atoms with Crippen molar-refractivity contribution >= 4 is 23.3 Å². The number of carbonyl (C=O) groups excluding carboxylic acids is 2. The first-order valence-corrected chi connectivity index (χ1v) is 8.48. The normalized spacial score (nSPS) is 16.5. The summed E-state index contributed by atoms with van der Waals surface area (Å²) >= 11 is 0. The summed E-state index contributed by atoms with van der Waals surface area (Å²) in [6.07, 6.45) is 0.557. The van der Waals surface area contributed by atoms with Crippen molar-refractivity contribution in [1.29, 1.82) is 0 Å². The van der Waals surface area contributed by atoms with Gasteiger partial charge >= 0.3 is 6.03 Å². The third-order valence-corrected chi connectivity index (χ3v) is 4.04. The zero-order valence-electron chi connectivity index (χ0n) is 14.7. The Morgan fingerprint density at radius 2 is 1.77 bits per heavy atom. The number of nitrogen functional groups attached to an aromatic ring is 1. The standard InChI is InChI=1S/C19H21N3O4/c1-3-16-18(23)22(19(24)21-16)12-5-7-13(8-6-12)26-14-9-10-15(20)17(11-14)25-4-2/h5-11,16H,3-4,20H2,1-2H3,(H,21,24)/t16-/m1/s1. The number of urea groups is 1. The van der Waals surface area contributed by atoms with Gasteiger partial charge in [-0.15, -0.1) is 0 Å². The Kier molecular flexibility index (Phi) is 4.97. The lowest BCUT2D eigenvalue weighted by Crippen LogP contribution is -2.31. The SMILES string of the molecule is CCOc1cc(Oc2ccc(N3C(=O)N[C@H](CC)C3=O)cc2)ccc1N. The van der Waals surface area contributed by atoms with Gasteiger partial charge in [-0.3, -0.25) is 4.79 Å². The van der Waals surface area contributed by atoms with E-state index >= 15 is 0 Å². The summed E-state index contributed by atoms with van der Waals surface area (Å²) in [5, 5.41) is 2.66. The fourth-order valence-electron chi connectivity index (χ4n) is 2.71. The average Bonchev–Trinajstić information content (AvgIpc) is 2.92. The predicted octanol–water partition coefficient (Wildman–Crippen LogP) is 3.29. The van der Waals surface area contributed by atoms with Crippen molar-refractivity contribution in [2.24, 2.45) is 0 Å². The summed E-state index contributed by atoms with van der Waals surface area (Å²) in [7, 11) is 0. The van der Waals surface area contributed by atoms with Gasteiger partial charge in [0.25, 0.3) is 5.91 Å².